The molecule has 1 aliphatic carbocycles. The molecule has 7 N–H and O–H groups in total. The van der Waals surface area contributed by atoms with Crippen LogP contribution in [0.1, 0.15) is 32.6 Å². The lowest BCUT2D eigenvalue weighted by atomic mass is 9.74. The minimum absolute atomic E-state index is 0.0996. The normalized spacial score (nSPS) is 31.7. The molecule has 0 radical (unpaired) electrons. The highest BCUT2D eigenvalue weighted by Crippen LogP contribution is 2.43. The SMILES string of the molecule is C[C@]1(N)CN(S(=O)(=O)NCC2(N)CC(F)(F)C2)C[C@@H]1CCCB(O)O. The van der Waals surface area contributed by atoms with Gasteiger partial charge in [-0.1, -0.05) is 6.42 Å². The van der Waals surface area contributed by atoms with Gasteiger partial charge in [-0.15, -0.1) is 0 Å². The maximum Gasteiger partial charge on any atom is 0.451 e. The topological polar surface area (TPSA) is 142 Å². The van der Waals surface area contributed by atoms with Crippen molar-refractivity contribution in [2.45, 2.75) is 55.9 Å². The number of nitrogens with one attached hydrogen (secondary N) is 1. The first kappa shape index (κ1) is 20.9. The van der Waals surface area contributed by atoms with Gasteiger partial charge in [-0.25, -0.2) is 13.5 Å². The van der Waals surface area contributed by atoms with Gasteiger partial charge >= 0.3 is 7.12 Å². The maximum atomic E-state index is 13.0. The van der Waals surface area contributed by atoms with E-state index >= 15 is 0 Å². The van der Waals surface area contributed by atoms with Gasteiger partial charge in [0, 0.05) is 43.6 Å². The van der Waals surface area contributed by atoms with Crippen LogP contribution in [0.4, 0.5) is 8.78 Å². The summed E-state index contributed by atoms with van der Waals surface area (Å²) in [5.41, 5.74) is 9.99. The third kappa shape index (κ3) is 5.31. The zero-order valence-electron chi connectivity index (χ0n) is 14.3. The van der Waals surface area contributed by atoms with Crippen molar-refractivity contribution in [2.75, 3.05) is 19.6 Å². The van der Waals surface area contributed by atoms with Crippen LogP contribution in [0, 0.1) is 5.92 Å². The molecule has 0 bridgehead atoms. The van der Waals surface area contributed by atoms with E-state index in [-0.39, 0.29) is 31.9 Å². The molecule has 2 fully saturated rings. The molecule has 1 saturated heterocycles. The molecule has 0 unspecified atom stereocenters. The standard InChI is InChI=1S/C13H27BF2N4O4S/c1-11(17)9-20(5-10(11)3-2-4-14(21)22)25(23,24)19-8-12(18)6-13(15,16)7-12/h10,19,21-22H,2-9,17-18H2,1H3/t10-,11-/m0/s1. The van der Waals surface area contributed by atoms with Crippen molar-refractivity contribution in [2.24, 2.45) is 17.4 Å². The van der Waals surface area contributed by atoms with Gasteiger partial charge in [-0.3, -0.25) is 0 Å². The molecule has 1 aliphatic heterocycles. The molecule has 146 valence electrons. The average Bonchev–Trinajstić information content (AvgIpc) is 2.70. The van der Waals surface area contributed by atoms with E-state index in [4.69, 9.17) is 21.5 Å². The molecule has 25 heavy (non-hydrogen) atoms. The van der Waals surface area contributed by atoms with Crippen molar-refractivity contribution in [3.05, 3.63) is 0 Å². The molecule has 12 heteroatoms. The Bertz CT molecular complexity index is 583. The lowest BCUT2D eigenvalue weighted by Gasteiger charge is -2.44. The van der Waals surface area contributed by atoms with E-state index in [0.717, 1.165) is 0 Å². The Morgan fingerprint density at radius 2 is 1.92 bits per heavy atom. The Balaban J connectivity index is 1.89. The second-order valence-corrected chi connectivity index (χ2v) is 9.56. The molecule has 1 heterocycles. The fraction of sp³-hybridized carbons (Fsp3) is 1.00. The highest BCUT2D eigenvalue weighted by atomic mass is 32.2. The lowest BCUT2D eigenvalue weighted by molar-refractivity contribution is -0.119. The predicted molar refractivity (Wildman–Crippen MR) is 89.9 cm³/mol. The smallest absolute Gasteiger partial charge is 0.427 e. The van der Waals surface area contributed by atoms with Gasteiger partial charge in [0.15, 0.2) is 0 Å². The van der Waals surface area contributed by atoms with Crippen LogP contribution in [-0.4, -0.2) is 66.5 Å². The van der Waals surface area contributed by atoms with Crippen LogP contribution in [0.25, 0.3) is 0 Å². The highest BCUT2D eigenvalue weighted by Gasteiger charge is 2.55. The monoisotopic (exact) mass is 384 g/mol. The van der Waals surface area contributed by atoms with E-state index in [1.807, 2.05) is 0 Å². The maximum absolute atomic E-state index is 13.0. The fourth-order valence-electron chi connectivity index (χ4n) is 3.61. The molecular formula is C13H27BF2N4O4S. The van der Waals surface area contributed by atoms with Crippen molar-refractivity contribution in [3.8, 4) is 0 Å². The molecule has 2 rings (SSSR count). The third-order valence-electron chi connectivity index (χ3n) is 5.06. The summed E-state index contributed by atoms with van der Waals surface area (Å²) in [4.78, 5) is 0. The first-order valence-corrected chi connectivity index (χ1v) is 9.75. The molecule has 1 saturated carbocycles. The number of halogens is 2. The highest BCUT2D eigenvalue weighted by molar-refractivity contribution is 7.87. The third-order valence-corrected chi connectivity index (χ3v) is 6.52. The molecule has 2 atom stereocenters. The summed E-state index contributed by atoms with van der Waals surface area (Å²) in [7, 11) is -5.27. The molecule has 0 spiro atoms. The summed E-state index contributed by atoms with van der Waals surface area (Å²) >= 11 is 0. The average molecular weight is 384 g/mol. The van der Waals surface area contributed by atoms with Crippen LogP contribution < -0.4 is 16.2 Å². The lowest BCUT2D eigenvalue weighted by Crippen LogP contribution is -2.64. The van der Waals surface area contributed by atoms with Gasteiger partial charge in [0.25, 0.3) is 16.1 Å². The second kappa shape index (κ2) is 6.99. The Morgan fingerprint density at radius 3 is 2.44 bits per heavy atom. The second-order valence-electron chi connectivity index (χ2n) is 7.80. The van der Waals surface area contributed by atoms with E-state index < -0.39 is 47.2 Å². The van der Waals surface area contributed by atoms with E-state index in [1.54, 1.807) is 6.92 Å². The molecule has 0 aromatic rings. The number of rotatable bonds is 8. The largest absolute Gasteiger partial charge is 0.451 e. The van der Waals surface area contributed by atoms with E-state index in [9.17, 15) is 17.2 Å². The van der Waals surface area contributed by atoms with Crippen LogP contribution in [0.2, 0.25) is 6.32 Å². The quantitative estimate of drug-likeness (QED) is 0.335. The molecule has 2 aliphatic rings. The summed E-state index contributed by atoms with van der Waals surface area (Å²) in [6.45, 7) is 1.80. The zero-order chi connectivity index (χ0) is 19.1. The summed E-state index contributed by atoms with van der Waals surface area (Å²) in [5, 5.41) is 17.8. The van der Waals surface area contributed by atoms with Gasteiger partial charge in [-0.2, -0.15) is 12.7 Å². The van der Waals surface area contributed by atoms with Crippen LogP contribution >= 0.6 is 0 Å². The first-order valence-electron chi connectivity index (χ1n) is 8.31. The summed E-state index contributed by atoms with van der Waals surface area (Å²) < 4.78 is 54.3. The van der Waals surface area contributed by atoms with Gasteiger partial charge in [-0.05, 0) is 25.6 Å². The van der Waals surface area contributed by atoms with Crippen molar-refractivity contribution >= 4 is 17.3 Å². The van der Waals surface area contributed by atoms with Crippen LogP contribution in [0.3, 0.4) is 0 Å². The van der Waals surface area contributed by atoms with Gasteiger partial charge in [0.1, 0.15) is 0 Å². The van der Waals surface area contributed by atoms with Gasteiger partial charge in [0.2, 0.25) is 0 Å². The predicted octanol–water partition coefficient (Wildman–Crippen LogP) is -1.15. The Kier molecular flexibility index (Phi) is 5.85. The van der Waals surface area contributed by atoms with Crippen molar-refractivity contribution in [1.82, 2.24) is 9.03 Å². The molecular weight excluding hydrogens is 357 g/mol. The van der Waals surface area contributed by atoms with Gasteiger partial charge in [0.05, 0.1) is 0 Å². The number of nitrogens with two attached hydrogens (primary N) is 2. The minimum Gasteiger partial charge on any atom is -0.427 e. The first-order chi connectivity index (χ1) is 11.2. The summed E-state index contributed by atoms with van der Waals surface area (Å²) in [6, 6.07) is 0. The molecule has 0 amide bonds. The minimum atomic E-state index is -3.87. The number of hydrogen-bond donors (Lipinski definition) is 5. The van der Waals surface area contributed by atoms with E-state index in [2.05, 4.69) is 4.72 Å². The molecule has 0 aromatic heterocycles. The number of nitrogens with zero attached hydrogens (tertiary/aromatic N) is 1. The van der Waals surface area contributed by atoms with Crippen molar-refractivity contribution in [1.29, 1.82) is 0 Å². The molecule has 0 aromatic carbocycles. The number of hydrogen-bond acceptors (Lipinski definition) is 6. The molecule has 8 nitrogen and oxygen atoms in total. The van der Waals surface area contributed by atoms with E-state index in [1.165, 1.54) is 4.31 Å². The van der Waals surface area contributed by atoms with Crippen LogP contribution in [-0.2, 0) is 10.2 Å². The zero-order valence-corrected chi connectivity index (χ0v) is 15.1. The number of alkyl halides is 2. The fourth-order valence-corrected chi connectivity index (χ4v) is 5.09. The van der Waals surface area contributed by atoms with Crippen LogP contribution in [0.5, 0.6) is 0 Å². The Hall–Kier alpha value is -0.365. The van der Waals surface area contributed by atoms with Gasteiger partial charge < -0.3 is 21.5 Å². The van der Waals surface area contributed by atoms with Crippen molar-refractivity contribution in [3.63, 3.8) is 0 Å². The van der Waals surface area contributed by atoms with E-state index in [0.29, 0.717) is 12.8 Å². The van der Waals surface area contributed by atoms with Crippen molar-refractivity contribution < 1.29 is 27.2 Å². The summed E-state index contributed by atoms with van der Waals surface area (Å²) in [5.74, 6) is -2.96. The van der Waals surface area contributed by atoms with Crippen LogP contribution in [0.15, 0.2) is 0 Å². The Morgan fingerprint density at radius 1 is 1.32 bits per heavy atom. The summed E-state index contributed by atoms with van der Waals surface area (Å²) in [6.07, 6.45) is 0.190. The Labute approximate surface area is 147 Å².